The van der Waals surface area contributed by atoms with Crippen molar-refractivity contribution in [1.82, 2.24) is 9.78 Å². The number of nitro benzene ring substituents is 1. The van der Waals surface area contributed by atoms with Gasteiger partial charge < -0.3 is 5.11 Å². The van der Waals surface area contributed by atoms with Gasteiger partial charge in [0.1, 0.15) is 0 Å². The summed E-state index contributed by atoms with van der Waals surface area (Å²) in [7, 11) is 0. The molecule has 0 atom stereocenters. The number of rotatable bonds is 3. The molecule has 2 aromatic rings. The topological polar surface area (TPSA) is 81.2 Å². The van der Waals surface area contributed by atoms with E-state index in [-0.39, 0.29) is 12.3 Å². The highest BCUT2D eigenvalue weighted by molar-refractivity contribution is 9.10. The van der Waals surface area contributed by atoms with Gasteiger partial charge in [-0.15, -0.1) is 0 Å². The predicted octanol–water partition coefficient (Wildman–Crippen LogP) is 2.04. The van der Waals surface area contributed by atoms with Gasteiger partial charge in [-0.2, -0.15) is 5.10 Å². The molecule has 1 heterocycles. The van der Waals surface area contributed by atoms with Crippen LogP contribution < -0.4 is 0 Å². The summed E-state index contributed by atoms with van der Waals surface area (Å²) in [6, 6.07) is 6.28. The normalized spacial score (nSPS) is 10.5. The third-order valence-electron chi connectivity index (χ3n) is 2.20. The zero-order valence-electron chi connectivity index (χ0n) is 8.58. The quantitative estimate of drug-likeness (QED) is 0.694. The van der Waals surface area contributed by atoms with Crippen LogP contribution in [0.5, 0.6) is 0 Å². The molecule has 6 nitrogen and oxygen atoms in total. The van der Waals surface area contributed by atoms with E-state index >= 15 is 0 Å². The zero-order chi connectivity index (χ0) is 12.4. The molecule has 2 rings (SSSR count). The summed E-state index contributed by atoms with van der Waals surface area (Å²) in [5, 5.41) is 23.6. The molecule has 0 aliphatic rings. The van der Waals surface area contributed by atoms with Gasteiger partial charge in [0.15, 0.2) is 0 Å². The van der Waals surface area contributed by atoms with Gasteiger partial charge in [-0.25, -0.2) is 4.68 Å². The van der Waals surface area contributed by atoms with E-state index < -0.39 is 4.92 Å². The zero-order valence-corrected chi connectivity index (χ0v) is 10.2. The standard InChI is InChI=1S/C10H8BrN3O3/c11-9-5-8(1-2-10(9)14(16)17)13-4-3-7(6-15)12-13/h1-5,15H,6H2. The first-order valence-corrected chi connectivity index (χ1v) is 5.51. The van der Waals surface area contributed by atoms with Gasteiger partial charge in [-0.05, 0) is 34.1 Å². The van der Waals surface area contributed by atoms with Crippen molar-refractivity contribution in [3.63, 3.8) is 0 Å². The van der Waals surface area contributed by atoms with E-state index in [9.17, 15) is 10.1 Å². The van der Waals surface area contributed by atoms with Crippen LogP contribution in [0.2, 0.25) is 0 Å². The van der Waals surface area contributed by atoms with Gasteiger partial charge >= 0.3 is 0 Å². The fourth-order valence-corrected chi connectivity index (χ4v) is 1.89. The molecular formula is C10H8BrN3O3. The van der Waals surface area contributed by atoms with E-state index in [0.717, 1.165) is 0 Å². The van der Waals surface area contributed by atoms with Crippen molar-refractivity contribution in [2.75, 3.05) is 0 Å². The Hall–Kier alpha value is -1.73. The Kier molecular flexibility index (Phi) is 3.21. The number of nitro groups is 1. The molecular weight excluding hydrogens is 290 g/mol. The molecule has 0 radical (unpaired) electrons. The lowest BCUT2D eigenvalue weighted by atomic mass is 10.3. The predicted molar refractivity (Wildman–Crippen MR) is 63.8 cm³/mol. The fraction of sp³-hybridized carbons (Fsp3) is 0.100. The third kappa shape index (κ3) is 2.34. The van der Waals surface area contributed by atoms with Gasteiger partial charge in [0.25, 0.3) is 5.69 Å². The largest absolute Gasteiger partial charge is 0.390 e. The van der Waals surface area contributed by atoms with E-state index in [4.69, 9.17) is 5.11 Å². The molecule has 0 aliphatic carbocycles. The maximum absolute atomic E-state index is 10.6. The summed E-state index contributed by atoms with van der Waals surface area (Å²) in [5.74, 6) is 0. The van der Waals surface area contributed by atoms with Gasteiger partial charge in [0.2, 0.25) is 0 Å². The Bertz CT molecular complexity index is 568. The van der Waals surface area contributed by atoms with Gasteiger partial charge in [0, 0.05) is 12.3 Å². The number of aromatic nitrogens is 2. The van der Waals surface area contributed by atoms with E-state index in [1.54, 1.807) is 29.1 Å². The van der Waals surface area contributed by atoms with Crippen LogP contribution in [0, 0.1) is 10.1 Å². The summed E-state index contributed by atoms with van der Waals surface area (Å²) < 4.78 is 1.93. The second-order valence-electron chi connectivity index (χ2n) is 3.30. The summed E-state index contributed by atoms with van der Waals surface area (Å²) in [6.07, 6.45) is 1.68. The molecule has 0 saturated heterocycles. The fourth-order valence-electron chi connectivity index (χ4n) is 1.38. The van der Waals surface area contributed by atoms with Crippen molar-refractivity contribution in [3.8, 4) is 5.69 Å². The maximum atomic E-state index is 10.6. The van der Waals surface area contributed by atoms with E-state index in [0.29, 0.717) is 15.9 Å². The van der Waals surface area contributed by atoms with E-state index in [1.807, 2.05) is 0 Å². The Balaban J connectivity index is 2.40. The average molecular weight is 298 g/mol. The maximum Gasteiger partial charge on any atom is 0.283 e. The van der Waals surface area contributed by atoms with Crippen molar-refractivity contribution in [2.24, 2.45) is 0 Å². The first-order valence-electron chi connectivity index (χ1n) is 4.71. The Morgan fingerprint density at radius 1 is 1.47 bits per heavy atom. The molecule has 0 spiro atoms. The van der Waals surface area contributed by atoms with Crippen LogP contribution in [0.1, 0.15) is 5.69 Å². The second-order valence-corrected chi connectivity index (χ2v) is 4.16. The number of nitrogens with zero attached hydrogens (tertiary/aromatic N) is 3. The summed E-state index contributed by atoms with van der Waals surface area (Å²) in [4.78, 5) is 10.2. The first kappa shape index (κ1) is 11.7. The molecule has 88 valence electrons. The lowest BCUT2D eigenvalue weighted by Gasteiger charge is -2.02. The van der Waals surface area contributed by atoms with Gasteiger partial charge in [0.05, 0.1) is 27.4 Å². The van der Waals surface area contributed by atoms with Gasteiger partial charge in [-0.3, -0.25) is 10.1 Å². The Morgan fingerprint density at radius 2 is 2.24 bits per heavy atom. The molecule has 0 bridgehead atoms. The number of hydrogen-bond acceptors (Lipinski definition) is 4. The minimum absolute atomic E-state index is 0.00304. The lowest BCUT2D eigenvalue weighted by molar-refractivity contribution is -0.385. The first-order chi connectivity index (χ1) is 8.11. The third-order valence-corrected chi connectivity index (χ3v) is 2.83. The molecule has 0 saturated carbocycles. The van der Waals surface area contributed by atoms with Crippen molar-refractivity contribution in [1.29, 1.82) is 0 Å². The van der Waals surface area contributed by atoms with Crippen LogP contribution in [-0.4, -0.2) is 19.8 Å². The molecule has 0 aliphatic heterocycles. The molecule has 1 N–H and O–H groups in total. The minimum Gasteiger partial charge on any atom is -0.390 e. The molecule has 0 amide bonds. The van der Waals surface area contributed by atoms with E-state index in [1.165, 1.54) is 6.07 Å². The van der Waals surface area contributed by atoms with Crippen LogP contribution in [0.25, 0.3) is 5.69 Å². The number of hydrogen-bond donors (Lipinski definition) is 1. The second kappa shape index (κ2) is 4.64. The highest BCUT2D eigenvalue weighted by atomic mass is 79.9. The van der Waals surface area contributed by atoms with Crippen LogP contribution >= 0.6 is 15.9 Å². The summed E-state index contributed by atoms with van der Waals surface area (Å²) in [5.41, 5.74) is 1.23. The van der Waals surface area contributed by atoms with Crippen LogP contribution in [-0.2, 0) is 6.61 Å². The van der Waals surface area contributed by atoms with Crippen LogP contribution in [0.15, 0.2) is 34.9 Å². The monoisotopic (exact) mass is 297 g/mol. The SMILES string of the molecule is O=[N+]([O-])c1ccc(-n2ccc(CO)n2)cc1Br. The van der Waals surface area contributed by atoms with Crippen molar-refractivity contribution in [2.45, 2.75) is 6.61 Å². The molecule has 7 heteroatoms. The molecule has 1 aromatic heterocycles. The lowest BCUT2D eigenvalue weighted by Crippen LogP contribution is -1.97. The molecule has 0 unspecified atom stereocenters. The summed E-state index contributed by atoms with van der Waals surface area (Å²) >= 11 is 3.14. The van der Waals surface area contributed by atoms with Crippen molar-refractivity contribution < 1.29 is 10.0 Å². The number of halogens is 1. The van der Waals surface area contributed by atoms with Crippen LogP contribution in [0.4, 0.5) is 5.69 Å². The Morgan fingerprint density at radius 3 is 2.76 bits per heavy atom. The van der Waals surface area contributed by atoms with Gasteiger partial charge in [-0.1, -0.05) is 0 Å². The average Bonchev–Trinajstić information content (AvgIpc) is 2.76. The van der Waals surface area contributed by atoms with Crippen molar-refractivity contribution >= 4 is 21.6 Å². The van der Waals surface area contributed by atoms with Crippen molar-refractivity contribution in [3.05, 3.63) is 50.7 Å². The van der Waals surface area contributed by atoms with E-state index in [2.05, 4.69) is 21.0 Å². The number of aliphatic hydroxyl groups is 1. The number of benzene rings is 1. The molecule has 1 aromatic carbocycles. The number of aliphatic hydroxyl groups excluding tert-OH is 1. The minimum atomic E-state index is -0.462. The summed E-state index contributed by atoms with van der Waals surface area (Å²) in [6.45, 7) is -0.138. The Labute approximate surface area is 105 Å². The molecule has 17 heavy (non-hydrogen) atoms. The highest BCUT2D eigenvalue weighted by Gasteiger charge is 2.12. The smallest absolute Gasteiger partial charge is 0.283 e. The highest BCUT2D eigenvalue weighted by Crippen LogP contribution is 2.26. The molecule has 0 fully saturated rings. The van der Waals surface area contributed by atoms with Crippen LogP contribution in [0.3, 0.4) is 0 Å².